The second kappa shape index (κ2) is 4.02. The zero-order chi connectivity index (χ0) is 8.97. The lowest BCUT2D eigenvalue weighted by Crippen LogP contribution is -2.09. The maximum absolute atomic E-state index is 5.57. The van der Waals surface area contributed by atoms with Gasteiger partial charge in [0.1, 0.15) is 0 Å². The van der Waals surface area contributed by atoms with Crippen LogP contribution in [-0.4, -0.2) is 11.0 Å². The highest BCUT2D eigenvalue weighted by Gasteiger charge is 1.89. The molecule has 1 aromatic rings. The van der Waals surface area contributed by atoms with E-state index in [-0.39, 0.29) is 6.04 Å². The van der Waals surface area contributed by atoms with Crippen molar-refractivity contribution in [1.29, 1.82) is 0 Å². The molecule has 0 saturated heterocycles. The zero-order valence-corrected chi connectivity index (χ0v) is 7.49. The molecule has 0 saturated carbocycles. The van der Waals surface area contributed by atoms with Crippen molar-refractivity contribution in [3.05, 3.63) is 35.7 Å². The summed E-state index contributed by atoms with van der Waals surface area (Å²) in [5.41, 5.74) is 7.84. The number of nitrogens with two attached hydrogens (primary N) is 1. The van der Waals surface area contributed by atoms with Gasteiger partial charge in [-0.05, 0) is 31.0 Å². The Labute approximate surface area is 73.1 Å². The van der Waals surface area contributed by atoms with Crippen LogP contribution in [0.25, 0.3) is 6.08 Å². The Morgan fingerprint density at radius 2 is 2.25 bits per heavy atom. The molecule has 12 heavy (non-hydrogen) atoms. The number of aromatic nitrogens is 1. The molecule has 1 atom stereocenters. The summed E-state index contributed by atoms with van der Waals surface area (Å²) in [4.78, 5) is 4.07. The van der Waals surface area contributed by atoms with E-state index in [1.165, 1.54) is 5.56 Å². The molecule has 0 fully saturated rings. The van der Waals surface area contributed by atoms with Crippen LogP contribution in [0.2, 0.25) is 0 Å². The maximum Gasteiger partial charge on any atom is 0.0340 e. The molecule has 0 aliphatic heterocycles. The Kier molecular flexibility index (Phi) is 3.00. The SMILES string of the molecule is Cc1cncc(/C=C/C(C)N)c1. The van der Waals surface area contributed by atoms with E-state index in [0.29, 0.717) is 0 Å². The van der Waals surface area contributed by atoms with E-state index >= 15 is 0 Å². The van der Waals surface area contributed by atoms with Crippen LogP contribution in [0.1, 0.15) is 18.1 Å². The van der Waals surface area contributed by atoms with Crippen LogP contribution in [0.15, 0.2) is 24.5 Å². The summed E-state index contributed by atoms with van der Waals surface area (Å²) in [6.45, 7) is 3.97. The first-order valence-electron chi connectivity index (χ1n) is 4.04. The Morgan fingerprint density at radius 1 is 1.50 bits per heavy atom. The minimum atomic E-state index is 0.102. The molecule has 0 amide bonds. The van der Waals surface area contributed by atoms with Gasteiger partial charge < -0.3 is 5.73 Å². The minimum Gasteiger partial charge on any atom is -0.325 e. The normalized spacial score (nSPS) is 13.6. The second-order valence-electron chi connectivity index (χ2n) is 3.01. The molecule has 64 valence electrons. The summed E-state index contributed by atoms with van der Waals surface area (Å²) in [5.74, 6) is 0. The fraction of sp³-hybridized carbons (Fsp3) is 0.300. The molecule has 0 aliphatic carbocycles. The third-order valence-electron chi connectivity index (χ3n) is 1.49. The highest BCUT2D eigenvalue weighted by molar-refractivity contribution is 5.49. The van der Waals surface area contributed by atoms with Gasteiger partial charge in [-0.25, -0.2) is 0 Å². The third-order valence-corrected chi connectivity index (χ3v) is 1.49. The van der Waals surface area contributed by atoms with Gasteiger partial charge in [0.15, 0.2) is 0 Å². The first-order valence-corrected chi connectivity index (χ1v) is 4.04. The molecule has 0 spiro atoms. The van der Waals surface area contributed by atoms with Crippen molar-refractivity contribution in [2.24, 2.45) is 5.73 Å². The molecule has 1 aromatic heterocycles. The summed E-state index contributed by atoms with van der Waals surface area (Å²) in [6, 6.07) is 2.18. The van der Waals surface area contributed by atoms with Crippen molar-refractivity contribution in [2.75, 3.05) is 0 Å². The highest BCUT2D eigenvalue weighted by Crippen LogP contribution is 2.03. The Morgan fingerprint density at radius 3 is 2.83 bits per heavy atom. The summed E-state index contributed by atoms with van der Waals surface area (Å²) in [6.07, 6.45) is 7.61. The maximum atomic E-state index is 5.57. The molecule has 0 bridgehead atoms. The van der Waals surface area contributed by atoms with Crippen LogP contribution >= 0.6 is 0 Å². The fourth-order valence-electron chi connectivity index (χ4n) is 0.932. The summed E-state index contributed by atoms with van der Waals surface area (Å²) >= 11 is 0. The topological polar surface area (TPSA) is 38.9 Å². The van der Waals surface area contributed by atoms with Crippen molar-refractivity contribution in [3.8, 4) is 0 Å². The van der Waals surface area contributed by atoms with Crippen LogP contribution in [-0.2, 0) is 0 Å². The van der Waals surface area contributed by atoms with E-state index in [1.54, 1.807) is 0 Å². The van der Waals surface area contributed by atoms with Crippen molar-refractivity contribution in [1.82, 2.24) is 4.98 Å². The molecular formula is C10H14N2. The fourth-order valence-corrected chi connectivity index (χ4v) is 0.932. The summed E-state index contributed by atoms with van der Waals surface area (Å²) in [7, 11) is 0. The number of nitrogens with zero attached hydrogens (tertiary/aromatic N) is 1. The molecule has 1 rings (SSSR count). The lowest BCUT2D eigenvalue weighted by Gasteiger charge is -1.96. The average Bonchev–Trinajstić information content (AvgIpc) is 2.01. The lowest BCUT2D eigenvalue weighted by molar-refractivity contribution is 0.930. The van der Waals surface area contributed by atoms with E-state index in [2.05, 4.69) is 11.1 Å². The predicted octanol–water partition coefficient (Wildman–Crippen LogP) is 1.75. The number of hydrogen-bond donors (Lipinski definition) is 1. The number of pyridine rings is 1. The van der Waals surface area contributed by atoms with Crippen molar-refractivity contribution in [3.63, 3.8) is 0 Å². The smallest absolute Gasteiger partial charge is 0.0340 e. The van der Waals surface area contributed by atoms with Gasteiger partial charge in [0.25, 0.3) is 0 Å². The average molecular weight is 162 g/mol. The lowest BCUT2D eigenvalue weighted by atomic mass is 10.2. The highest BCUT2D eigenvalue weighted by atomic mass is 14.6. The van der Waals surface area contributed by atoms with Gasteiger partial charge in [0.2, 0.25) is 0 Å². The number of rotatable bonds is 2. The number of aryl methyl sites for hydroxylation is 1. The second-order valence-corrected chi connectivity index (χ2v) is 3.01. The van der Waals surface area contributed by atoms with Crippen molar-refractivity contribution < 1.29 is 0 Å². The summed E-state index contributed by atoms with van der Waals surface area (Å²) < 4.78 is 0. The van der Waals surface area contributed by atoms with Gasteiger partial charge in [-0.3, -0.25) is 4.98 Å². The van der Waals surface area contributed by atoms with E-state index in [1.807, 2.05) is 38.4 Å². The Balaban J connectivity index is 2.76. The van der Waals surface area contributed by atoms with Gasteiger partial charge in [-0.1, -0.05) is 12.2 Å². The van der Waals surface area contributed by atoms with E-state index in [0.717, 1.165) is 5.56 Å². The van der Waals surface area contributed by atoms with Crippen LogP contribution in [0, 0.1) is 6.92 Å². The standard InChI is InChI=1S/C10H14N2/c1-8-5-10(7-12-6-8)4-3-9(2)11/h3-7,9H,11H2,1-2H3/b4-3+. The van der Waals surface area contributed by atoms with Crippen molar-refractivity contribution in [2.45, 2.75) is 19.9 Å². The van der Waals surface area contributed by atoms with E-state index in [9.17, 15) is 0 Å². The van der Waals surface area contributed by atoms with Crippen LogP contribution in [0.4, 0.5) is 0 Å². The third kappa shape index (κ3) is 2.84. The quantitative estimate of drug-likeness (QED) is 0.719. The first kappa shape index (κ1) is 8.94. The molecule has 0 aromatic carbocycles. The van der Waals surface area contributed by atoms with Crippen LogP contribution in [0.3, 0.4) is 0 Å². The molecular weight excluding hydrogens is 148 g/mol. The minimum absolute atomic E-state index is 0.102. The first-order chi connectivity index (χ1) is 5.68. The van der Waals surface area contributed by atoms with E-state index in [4.69, 9.17) is 5.73 Å². The summed E-state index contributed by atoms with van der Waals surface area (Å²) in [5, 5.41) is 0. The Hall–Kier alpha value is -1.15. The van der Waals surface area contributed by atoms with Crippen LogP contribution < -0.4 is 5.73 Å². The molecule has 0 aliphatic rings. The van der Waals surface area contributed by atoms with Gasteiger partial charge in [-0.2, -0.15) is 0 Å². The van der Waals surface area contributed by atoms with Crippen LogP contribution in [0.5, 0.6) is 0 Å². The Bertz CT molecular complexity index is 277. The molecule has 2 N–H and O–H groups in total. The molecule has 0 radical (unpaired) electrons. The largest absolute Gasteiger partial charge is 0.325 e. The monoisotopic (exact) mass is 162 g/mol. The predicted molar refractivity (Wildman–Crippen MR) is 51.7 cm³/mol. The number of hydrogen-bond acceptors (Lipinski definition) is 2. The van der Waals surface area contributed by atoms with Gasteiger partial charge in [-0.15, -0.1) is 0 Å². The molecule has 2 nitrogen and oxygen atoms in total. The van der Waals surface area contributed by atoms with Gasteiger partial charge in [0.05, 0.1) is 0 Å². The van der Waals surface area contributed by atoms with Gasteiger partial charge >= 0.3 is 0 Å². The molecule has 1 heterocycles. The molecule has 2 heteroatoms. The van der Waals surface area contributed by atoms with Crippen molar-refractivity contribution >= 4 is 6.08 Å². The van der Waals surface area contributed by atoms with Gasteiger partial charge in [0, 0.05) is 18.4 Å². The van der Waals surface area contributed by atoms with E-state index < -0.39 is 0 Å². The molecule has 1 unspecified atom stereocenters. The zero-order valence-electron chi connectivity index (χ0n) is 7.49.